The number of anilines is 3. The van der Waals surface area contributed by atoms with Crippen LogP contribution >= 0.6 is 0 Å². The number of nitrogens with zero attached hydrogens (tertiary/aromatic N) is 6. The van der Waals surface area contributed by atoms with Crippen LogP contribution in [0.4, 0.5) is 21.8 Å². The van der Waals surface area contributed by atoms with Gasteiger partial charge >= 0.3 is 0 Å². The molecule has 0 saturated carbocycles. The molecule has 2 aliphatic heterocycles. The van der Waals surface area contributed by atoms with Gasteiger partial charge in [-0.15, -0.1) is 0 Å². The van der Waals surface area contributed by atoms with Crippen LogP contribution in [0.25, 0.3) is 0 Å². The molecule has 6 nitrogen and oxygen atoms in total. The Hall–Kier alpha value is -2.41. The highest BCUT2D eigenvalue weighted by atomic mass is 19.1. The van der Waals surface area contributed by atoms with Crippen LogP contribution in [0.2, 0.25) is 0 Å². The second-order valence-corrected chi connectivity index (χ2v) is 7.06. The molecule has 144 valence electrons. The van der Waals surface area contributed by atoms with Crippen molar-refractivity contribution in [1.82, 2.24) is 14.9 Å². The summed E-state index contributed by atoms with van der Waals surface area (Å²) in [4.78, 5) is 18.4. The average molecular weight is 370 g/mol. The van der Waals surface area contributed by atoms with Crippen LogP contribution in [0.1, 0.15) is 6.92 Å². The molecular weight excluding hydrogens is 343 g/mol. The van der Waals surface area contributed by atoms with Gasteiger partial charge < -0.3 is 19.6 Å². The fraction of sp³-hybridized carbons (Fsp3) is 0.500. The number of benzene rings is 1. The second kappa shape index (κ2) is 8.08. The fourth-order valence-corrected chi connectivity index (χ4v) is 3.82. The van der Waals surface area contributed by atoms with Gasteiger partial charge in [-0.2, -0.15) is 4.98 Å². The van der Waals surface area contributed by atoms with Crippen LogP contribution in [0.15, 0.2) is 36.5 Å². The van der Waals surface area contributed by atoms with E-state index in [0.717, 1.165) is 70.7 Å². The maximum Gasteiger partial charge on any atom is 0.227 e. The molecule has 2 saturated heterocycles. The molecule has 27 heavy (non-hydrogen) atoms. The number of rotatable bonds is 4. The molecule has 0 spiro atoms. The lowest BCUT2D eigenvalue weighted by atomic mass is 10.2. The summed E-state index contributed by atoms with van der Waals surface area (Å²) in [5, 5.41) is 0. The highest BCUT2D eigenvalue weighted by Gasteiger charge is 2.22. The predicted octanol–water partition coefficient (Wildman–Crippen LogP) is 2.08. The van der Waals surface area contributed by atoms with Gasteiger partial charge in [-0.25, -0.2) is 9.37 Å². The number of para-hydroxylation sites is 1. The van der Waals surface area contributed by atoms with E-state index in [2.05, 4.69) is 31.5 Å². The topological polar surface area (TPSA) is 38.7 Å². The molecule has 3 heterocycles. The maximum atomic E-state index is 14.0. The zero-order valence-electron chi connectivity index (χ0n) is 15.9. The average Bonchev–Trinajstić information content (AvgIpc) is 2.74. The molecule has 1 aromatic heterocycles. The van der Waals surface area contributed by atoms with Crippen LogP contribution in [0.3, 0.4) is 0 Å². The lowest BCUT2D eigenvalue weighted by molar-refractivity contribution is 0.270. The highest BCUT2D eigenvalue weighted by molar-refractivity contribution is 5.51. The monoisotopic (exact) mass is 370 g/mol. The van der Waals surface area contributed by atoms with E-state index in [9.17, 15) is 4.39 Å². The minimum atomic E-state index is -0.151. The van der Waals surface area contributed by atoms with Crippen LogP contribution in [0, 0.1) is 5.82 Å². The van der Waals surface area contributed by atoms with Crippen LogP contribution in [-0.4, -0.2) is 73.8 Å². The molecule has 0 unspecified atom stereocenters. The van der Waals surface area contributed by atoms with Crippen LogP contribution in [-0.2, 0) is 0 Å². The SMILES string of the molecule is CCN1CCN(c2nccc(N3CCN(c4ccccc4F)CC3)n2)CC1. The van der Waals surface area contributed by atoms with Gasteiger partial charge in [-0.1, -0.05) is 19.1 Å². The molecule has 0 radical (unpaired) electrons. The van der Waals surface area contributed by atoms with Gasteiger partial charge in [-0.05, 0) is 24.7 Å². The maximum absolute atomic E-state index is 14.0. The summed E-state index contributed by atoms with van der Waals surface area (Å²) in [6.45, 7) is 10.6. The van der Waals surface area contributed by atoms with Crippen molar-refractivity contribution in [3.05, 3.63) is 42.3 Å². The van der Waals surface area contributed by atoms with Crippen molar-refractivity contribution in [3.63, 3.8) is 0 Å². The van der Waals surface area contributed by atoms with Gasteiger partial charge in [0.15, 0.2) is 0 Å². The van der Waals surface area contributed by atoms with Crippen molar-refractivity contribution in [3.8, 4) is 0 Å². The first-order valence-electron chi connectivity index (χ1n) is 9.79. The summed E-state index contributed by atoms with van der Waals surface area (Å²) in [6, 6.07) is 8.97. The van der Waals surface area contributed by atoms with E-state index < -0.39 is 0 Å². The Morgan fingerprint density at radius 2 is 1.52 bits per heavy atom. The number of halogens is 1. The van der Waals surface area contributed by atoms with Crippen molar-refractivity contribution in [2.75, 3.05) is 73.6 Å². The molecule has 1 aromatic carbocycles. The third-order valence-corrected chi connectivity index (χ3v) is 5.53. The molecule has 2 aromatic rings. The Morgan fingerprint density at radius 1 is 0.852 bits per heavy atom. The van der Waals surface area contributed by atoms with Crippen LogP contribution in [0.5, 0.6) is 0 Å². The number of hydrogen-bond donors (Lipinski definition) is 0. The molecule has 0 amide bonds. The minimum Gasteiger partial charge on any atom is -0.366 e. The Morgan fingerprint density at radius 3 is 2.22 bits per heavy atom. The van der Waals surface area contributed by atoms with Crippen molar-refractivity contribution in [1.29, 1.82) is 0 Å². The largest absolute Gasteiger partial charge is 0.366 e. The van der Waals surface area contributed by atoms with E-state index >= 15 is 0 Å². The zero-order chi connectivity index (χ0) is 18.6. The Labute approximate surface area is 160 Å². The van der Waals surface area contributed by atoms with Gasteiger partial charge in [-0.3, -0.25) is 0 Å². The quantitative estimate of drug-likeness (QED) is 0.821. The third-order valence-electron chi connectivity index (χ3n) is 5.53. The minimum absolute atomic E-state index is 0.151. The second-order valence-electron chi connectivity index (χ2n) is 7.06. The van der Waals surface area contributed by atoms with Gasteiger partial charge in [0, 0.05) is 58.6 Å². The van der Waals surface area contributed by atoms with Gasteiger partial charge in [0.1, 0.15) is 11.6 Å². The first kappa shape index (κ1) is 18.0. The number of likely N-dealkylation sites (N-methyl/N-ethyl adjacent to an activating group) is 1. The number of piperazine rings is 2. The molecule has 0 N–H and O–H groups in total. The molecule has 0 aliphatic carbocycles. The van der Waals surface area contributed by atoms with Crippen molar-refractivity contribution in [2.45, 2.75) is 6.92 Å². The Bertz CT molecular complexity index is 754. The van der Waals surface area contributed by atoms with E-state index in [1.54, 1.807) is 6.07 Å². The van der Waals surface area contributed by atoms with E-state index in [1.807, 2.05) is 24.4 Å². The summed E-state index contributed by atoms with van der Waals surface area (Å²) in [6.07, 6.45) is 1.85. The van der Waals surface area contributed by atoms with Crippen molar-refractivity contribution >= 4 is 17.5 Å². The molecule has 7 heteroatoms. The molecule has 0 bridgehead atoms. The van der Waals surface area contributed by atoms with Crippen molar-refractivity contribution in [2.24, 2.45) is 0 Å². The molecule has 0 atom stereocenters. The number of hydrogen-bond acceptors (Lipinski definition) is 6. The predicted molar refractivity (Wildman–Crippen MR) is 107 cm³/mol. The third kappa shape index (κ3) is 3.98. The highest BCUT2D eigenvalue weighted by Crippen LogP contribution is 2.23. The standard InChI is InChI=1S/C20H27FN6/c1-2-24-9-11-27(12-10-24)20-22-8-7-19(23-20)26-15-13-25(14-16-26)18-6-4-3-5-17(18)21/h3-8H,2,9-16H2,1H3. The first-order chi connectivity index (χ1) is 13.2. The van der Waals surface area contributed by atoms with E-state index in [0.29, 0.717) is 5.69 Å². The summed E-state index contributed by atoms with van der Waals surface area (Å²) in [5.74, 6) is 1.63. The first-order valence-corrected chi connectivity index (χ1v) is 9.79. The van der Waals surface area contributed by atoms with Crippen molar-refractivity contribution < 1.29 is 4.39 Å². The summed E-state index contributed by atoms with van der Waals surface area (Å²) in [7, 11) is 0. The van der Waals surface area contributed by atoms with Crippen LogP contribution < -0.4 is 14.7 Å². The van der Waals surface area contributed by atoms with Gasteiger partial charge in [0.2, 0.25) is 5.95 Å². The normalized spacial score (nSPS) is 18.8. The van der Waals surface area contributed by atoms with Gasteiger partial charge in [0.05, 0.1) is 5.69 Å². The molecular formula is C20H27FN6. The Kier molecular flexibility index (Phi) is 5.38. The Balaban J connectivity index is 1.40. The zero-order valence-corrected chi connectivity index (χ0v) is 15.9. The van der Waals surface area contributed by atoms with E-state index in [4.69, 9.17) is 4.98 Å². The van der Waals surface area contributed by atoms with Gasteiger partial charge in [0.25, 0.3) is 0 Å². The number of aromatic nitrogens is 2. The lowest BCUT2D eigenvalue weighted by Crippen LogP contribution is -2.48. The summed E-state index contributed by atoms with van der Waals surface area (Å²) < 4.78 is 14.0. The van der Waals surface area contributed by atoms with E-state index in [1.165, 1.54) is 6.07 Å². The molecule has 2 fully saturated rings. The molecule has 4 rings (SSSR count). The fourth-order valence-electron chi connectivity index (χ4n) is 3.82. The summed E-state index contributed by atoms with van der Waals surface area (Å²) in [5.41, 5.74) is 0.689. The summed E-state index contributed by atoms with van der Waals surface area (Å²) >= 11 is 0. The molecule has 2 aliphatic rings. The lowest BCUT2D eigenvalue weighted by Gasteiger charge is -2.37. The smallest absolute Gasteiger partial charge is 0.227 e. The van der Waals surface area contributed by atoms with E-state index in [-0.39, 0.29) is 5.82 Å².